The first kappa shape index (κ1) is 16.2. The van der Waals surface area contributed by atoms with E-state index in [4.69, 9.17) is 4.74 Å². The van der Waals surface area contributed by atoms with Gasteiger partial charge in [-0.1, -0.05) is 20.4 Å². The molecule has 0 aromatic rings. The lowest BCUT2D eigenvalue weighted by atomic mass is 9.54. The van der Waals surface area contributed by atoms with Gasteiger partial charge in [0.2, 0.25) is 0 Å². The Morgan fingerprint density at radius 3 is 2.30 bits per heavy atom. The second kappa shape index (κ2) is 5.64. The van der Waals surface area contributed by atoms with Crippen molar-refractivity contribution >= 4 is 17.9 Å². The average molecular weight is 284 g/mol. The highest BCUT2D eigenvalue weighted by molar-refractivity contribution is 5.99. The minimum absolute atomic E-state index is 0.0319. The number of rotatable bonds is 5. The summed E-state index contributed by atoms with van der Waals surface area (Å²) < 4.78 is 5.22. The van der Waals surface area contributed by atoms with Gasteiger partial charge in [-0.25, -0.2) is 4.79 Å². The van der Waals surface area contributed by atoms with Crippen LogP contribution >= 0.6 is 0 Å². The van der Waals surface area contributed by atoms with Crippen molar-refractivity contribution < 1.29 is 29.3 Å². The number of carbonyl (C=O) groups is 3. The van der Waals surface area contributed by atoms with Gasteiger partial charge in [-0.2, -0.15) is 0 Å². The smallest absolute Gasteiger partial charge is 0.330 e. The molecule has 2 atom stereocenters. The van der Waals surface area contributed by atoms with E-state index < -0.39 is 34.8 Å². The molecule has 1 saturated carbocycles. The van der Waals surface area contributed by atoms with Crippen molar-refractivity contribution in [3.05, 3.63) is 12.7 Å². The average Bonchev–Trinajstić information content (AvgIpc) is 2.40. The number of ether oxygens (including phenoxy) is 1. The molecule has 0 aliphatic heterocycles. The van der Waals surface area contributed by atoms with E-state index in [2.05, 4.69) is 6.58 Å². The fraction of sp³-hybridized carbons (Fsp3) is 0.643. The summed E-state index contributed by atoms with van der Waals surface area (Å²) in [5.41, 5.74) is -3.10. The fourth-order valence-electron chi connectivity index (χ4n) is 3.13. The highest BCUT2D eigenvalue weighted by atomic mass is 16.5. The van der Waals surface area contributed by atoms with Gasteiger partial charge in [0.1, 0.15) is 6.10 Å². The SMILES string of the molecule is C=CC(=O)OC1CCCC(C(=O)O)(C(=O)O)C1(C)CC. The lowest BCUT2D eigenvalue weighted by Gasteiger charge is -2.49. The standard InChI is InChI=1S/C14H20O6/c1-4-10(15)20-9-7-6-8-14(11(16)17,12(18)19)13(9,3)5-2/h4,9H,1,5-8H2,2-3H3,(H,16,17)(H,18,19). The van der Waals surface area contributed by atoms with E-state index in [1.807, 2.05) is 0 Å². The molecule has 0 radical (unpaired) electrons. The normalized spacial score (nSPS) is 28.4. The van der Waals surface area contributed by atoms with Crippen LogP contribution in [-0.4, -0.2) is 34.2 Å². The molecule has 0 amide bonds. The molecule has 1 rings (SSSR count). The first-order chi connectivity index (χ1) is 9.26. The van der Waals surface area contributed by atoms with Crippen molar-refractivity contribution in [1.29, 1.82) is 0 Å². The summed E-state index contributed by atoms with van der Waals surface area (Å²) in [5, 5.41) is 19.0. The second-order valence-electron chi connectivity index (χ2n) is 5.31. The largest absolute Gasteiger partial charge is 0.480 e. The molecule has 1 fully saturated rings. The lowest BCUT2D eigenvalue weighted by molar-refractivity contribution is -0.198. The highest BCUT2D eigenvalue weighted by Crippen LogP contribution is 2.54. The maximum Gasteiger partial charge on any atom is 0.330 e. The third kappa shape index (κ3) is 2.19. The molecule has 112 valence electrons. The van der Waals surface area contributed by atoms with Gasteiger partial charge in [0.25, 0.3) is 0 Å². The summed E-state index contributed by atoms with van der Waals surface area (Å²) in [5.74, 6) is -3.43. The van der Waals surface area contributed by atoms with Crippen LogP contribution in [0.5, 0.6) is 0 Å². The number of hydrogen-bond donors (Lipinski definition) is 2. The summed E-state index contributed by atoms with van der Waals surface area (Å²) in [4.78, 5) is 34.7. The van der Waals surface area contributed by atoms with Gasteiger partial charge in [-0.05, 0) is 25.7 Å². The van der Waals surface area contributed by atoms with E-state index in [1.54, 1.807) is 13.8 Å². The van der Waals surface area contributed by atoms with Gasteiger partial charge in [0.05, 0.1) is 0 Å². The summed E-state index contributed by atoms with van der Waals surface area (Å²) in [6.45, 7) is 6.57. The molecule has 0 heterocycles. The number of carboxylic acids is 2. The van der Waals surface area contributed by atoms with Crippen LogP contribution in [0.1, 0.15) is 39.5 Å². The molecule has 6 heteroatoms. The van der Waals surface area contributed by atoms with E-state index in [9.17, 15) is 24.6 Å². The van der Waals surface area contributed by atoms with Crippen LogP contribution in [-0.2, 0) is 19.1 Å². The van der Waals surface area contributed by atoms with Gasteiger partial charge in [-0.15, -0.1) is 0 Å². The molecule has 20 heavy (non-hydrogen) atoms. The van der Waals surface area contributed by atoms with Crippen LogP contribution in [0.2, 0.25) is 0 Å². The Hall–Kier alpha value is -1.85. The second-order valence-corrected chi connectivity index (χ2v) is 5.31. The number of carbonyl (C=O) groups excluding carboxylic acids is 1. The van der Waals surface area contributed by atoms with Crippen molar-refractivity contribution in [2.75, 3.05) is 0 Å². The Labute approximate surface area is 117 Å². The van der Waals surface area contributed by atoms with Gasteiger partial charge in [-0.3, -0.25) is 9.59 Å². The third-order valence-electron chi connectivity index (χ3n) is 4.59. The molecule has 0 aromatic heterocycles. The molecule has 0 bridgehead atoms. The van der Waals surface area contributed by atoms with Crippen LogP contribution < -0.4 is 0 Å². The highest BCUT2D eigenvalue weighted by Gasteiger charge is 2.64. The quantitative estimate of drug-likeness (QED) is 0.454. The number of esters is 1. The molecular formula is C14H20O6. The first-order valence-electron chi connectivity index (χ1n) is 6.56. The van der Waals surface area contributed by atoms with Crippen molar-refractivity contribution in [3.8, 4) is 0 Å². The molecule has 0 spiro atoms. The minimum Gasteiger partial charge on any atom is -0.480 e. The number of aliphatic carboxylic acids is 2. The van der Waals surface area contributed by atoms with Crippen LogP contribution in [0, 0.1) is 10.8 Å². The van der Waals surface area contributed by atoms with Crippen LogP contribution in [0.3, 0.4) is 0 Å². The Balaban J connectivity index is 3.31. The van der Waals surface area contributed by atoms with E-state index >= 15 is 0 Å². The maximum absolute atomic E-state index is 11.7. The van der Waals surface area contributed by atoms with Crippen LogP contribution in [0.25, 0.3) is 0 Å². The molecular weight excluding hydrogens is 264 g/mol. The Morgan fingerprint density at radius 2 is 1.90 bits per heavy atom. The van der Waals surface area contributed by atoms with E-state index in [0.717, 1.165) is 6.08 Å². The minimum atomic E-state index is -1.94. The van der Waals surface area contributed by atoms with Crippen molar-refractivity contribution in [1.82, 2.24) is 0 Å². The maximum atomic E-state index is 11.7. The van der Waals surface area contributed by atoms with Crippen LogP contribution in [0.15, 0.2) is 12.7 Å². The Kier molecular flexibility index (Phi) is 4.57. The zero-order valence-electron chi connectivity index (χ0n) is 11.7. The predicted molar refractivity (Wildman–Crippen MR) is 70.0 cm³/mol. The number of carboxylic acid groups (broad SMARTS) is 2. The van der Waals surface area contributed by atoms with Gasteiger partial charge in [0, 0.05) is 11.5 Å². The van der Waals surface area contributed by atoms with Gasteiger partial charge >= 0.3 is 17.9 Å². The van der Waals surface area contributed by atoms with E-state index in [0.29, 0.717) is 12.8 Å². The topological polar surface area (TPSA) is 101 Å². The summed E-state index contributed by atoms with van der Waals surface area (Å²) in [7, 11) is 0. The van der Waals surface area contributed by atoms with E-state index in [-0.39, 0.29) is 12.8 Å². The van der Waals surface area contributed by atoms with Crippen molar-refractivity contribution in [2.45, 2.75) is 45.6 Å². The van der Waals surface area contributed by atoms with Gasteiger partial charge in [0.15, 0.2) is 5.41 Å². The zero-order valence-corrected chi connectivity index (χ0v) is 11.7. The fourth-order valence-corrected chi connectivity index (χ4v) is 3.13. The third-order valence-corrected chi connectivity index (χ3v) is 4.59. The Morgan fingerprint density at radius 1 is 1.35 bits per heavy atom. The summed E-state index contributed by atoms with van der Waals surface area (Å²) in [6, 6.07) is 0. The van der Waals surface area contributed by atoms with Crippen molar-refractivity contribution in [3.63, 3.8) is 0 Å². The predicted octanol–water partition coefficient (Wildman–Crippen LogP) is 1.84. The van der Waals surface area contributed by atoms with Crippen molar-refractivity contribution in [2.24, 2.45) is 10.8 Å². The summed E-state index contributed by atoms with van der Waals surface area (Å²) >= 11 is 0. The molecule has 2 N–H and O–H groups in total. The zero-order chi connectivity index (χ0) is 15.6. The molecule has 6 nitrogen and oxygen atoms in total. The Bertz CT molecular complexity index is 427. The summed E-state index contributed by atoms with van der Waals surface area (Å²) in [6.07, 6.45) is 1.38. The molecule has 0 aromatic carbocycles. The lowest BCUT2D eigenvalue weighted by Crippen LogP contribution is -2.60. The van der Waals surface area contributed by atoms with E-state index in [1.165, 1.54) is 0 Å². The van der Waals surface area contributed by atoms with Crippen LogP contribution in [0.4, 0.5) is 0 Å². The molecule has 2 unspecified atom stereocenters. The number of hydrogen-bond acceptors (Lipinski definition) is 4. The molecule has 1 aliphatic rings. The van der Waals surface area contributed by atoms with Gasteiger partial charge < -0.3 is 14.9 Å². The molecule has 1 aliphatic carbocycles. The first-order valence-corrected chi connectivity index (χ1v) is 6.56. The monoisotopic (exact) mass is 284 g/mol. The molecule has 0 saturated heterocycles.